The zero-order chi connectivity index (χ0) is 14.5. The van der Waals surface area contributed by atoms with Crippen molar-refractivity contribution in [3.05, 3.63) is 0 Å². The van der Waals surface area contributed by atoms with Gasteiger partial charge in [0.1, 0.15) is 0 Å². The maximum atomic E-state index is 12.0. The van der Waals surface area contributed by atoms with E-state index in [0.717, 1.165) is 0 Å². The van der Waals surface area contributed by atoms with Gasteiger partial charge >= 0.3 is 12.0 Å². The molecule has 19 heavy (non-hydrogen) atoms. The number of amides is 2. The molecule has 1 saturated heterocycles. The first kappa shape index (κ1) is 14.1. The number of rotatable bonds is 3. The summed E-state index contributed by atoms with van der Waals surface area (Å²) in [5.41, 5.74) is -1.24. The molecule has 108 valence electrons. The Morgan fingerprint density at radius 3 is 2.16 bits per heavy atom. The second kappa shape index (κ2) is 4.10. The summed E-state index contributed by atoms with van der Waals surface area (Å²) in [6.45, 7) is 8.72. The quantitative estimate of drug-likeness (QED) is 0.713. The maximum Gasteiger partial charge on any atom is 0.332 e. The van der Waals surface area contributed by atoms with Crippen LogP contribution in [0.4, 0.5) is 4.79 Å². The van der Waals surface area contributed by atoms with Crippen molar-refractivity contribution in [2.45, 2.75) is 45.7 Å². The van der Waals surface area contributed by atoms with Crippen LogP contribution in [-0.2, 0) is 9.53 Å². The predicted molar refractivity (Wildman–Crippen MR) is 68.8 cm³/mol. The third-order valence-corrected chi connectivity index (χ3v) is 5.08. The number of carboxylic acid groups (broad SMARTS) is 1. The van der Waals surface area contributed by atoms with Gasteiger partial charge in [0.25, 0.3) is 0 Å². The van der Waals surface area contributed by atoms with Gasteiger partial charge < -0.3 is 20.5 Å². The van der Waals surface area contributed by atoms with Crippen molar-refractivity contribution in [1.29, 1.82) is 0 Å². The molecule has 1 saturated carbocycles. The molecular weight excluding hydrogens is 248 g/mol. The monoisotopic (exact) mass is 270 g/mol. The summed E-state index contributed by atoms with van der Waals surface area (Å²) >= 11 is 0. The van der Waals surface area contributed by atoms with E-state index in [4.69, 9.17) is 4.74 Å². The lowest BCUT2D eigenvalue weighted by atomic mass is 9.99. The number of aliphatic carboxylic acids is 1. The molecule has 1 heterocycles. The van der Waals surface area contributed by atoms with Crippen LogP contribution in [-0.4, -0.2) is 41.9 Å². The summed E-state index contributed by atoms with van der Waals surface area (Å²) in [5.74, 6) is -1.05. The average molecular weight is 270 g/mol. The lowest BCUT2D eigenvalue weighted by Gasteiger charge is -2.24. The normalized spacial score (nSPS) is 31.8. The van der Waals surface area contributed by atoms with Crippen molar-refractivity contribution in [2.75, 3.05) is 13.2 Å². The Labute approximate surface area is 112 Å². The minimum Gasteiger partial charge on any atom is -0.479 e. The molecule has 0 aromatic rings. The Morgan fingerprint density at radius 1 is 1.21 bits per heavy atom. The number of carbonyl (C=O) groups excluding carboxylic acids is 1. The molecule has 3 N–H and O–H groups in total. The van der Waals surface area contributed by atoms with E-state index in [0.29, 0.717) is 13.0 Å². The number of carboxylic acids is 1. The van der Waals surface area contributed by atoms with Crippen LogP contribution >= 0.6 is 0 Å². The maximum absolute atomic E-state index is 12.0. The van der Waals surface area contributed by atoms with Gasteiger partial charge in [-0.1, -0.05) is 27.7 Å². The molecule has 2 fully saturated rings. The van der Waals surface area contributed by atoms with E-state index < -0.39 is 17.5 Å². The average Bonchev–Trinajstić information content (AvgIpc) is 2.71. The summed E-state index contributed by atoms with van der Waals surface area (Å²) in [6.07, 6.45) is 0.299. The number of hydrogen-bond donors (Lipinski definition) is 3. The van der Waals surface area contributed by atoms with Crippen LogP contribution in [0.3, 0.4) is 0 Å². The molecule has 6 nitrogen and oxygen atoms in total. The van der Waals surface area contributed by atoms with Crippen LogP contribution in [0.15, 0.2) is 0 Å². The molecule has 1 unspecified atom stereocenters. The van der Waals surface area contributed by atoms with Gasteiger partial charge in [-0.2, -0.15) is 0 Å². The minimum atomic E-state index is -1.28. The highest BCUT2D eigenvalue weighted by molar-refractivity contribution is 5.87. The largest absolute Gasteiger partial charge is 0.479 e. The zero-order valence-electron chi connectivity index (χ0n) is 11.9. The summed E-state index contributed by atoms with van der Waals surface area (Å²) in [5, 5.41) is 14.7. The van der Waals surface area contributed by atoms with Crippen LogP contribution in [0.1, 0.15) is 34.1 Å². The number of ether oxygens (including phenoxy) is 1. The lowest BCUT2D eigenvalue weighted by Crippen LogP contribution is -2.58. The van der Waals surface area contributed by atoms with E-state index in [1.165, 1.54) is 0 Å². The van der Waals surface area contributed by atoms with E-state index in [1.54, 1.807) is 0 Å². The topological polar surface area (TPSA) is 87.7 Å². The van der Waals surface area contributed by atoms with Gasteiger partial charge in [-0.05, 0) is 10.8 Å². The summed E-state index contributed by atoms with van der Waals surface area (Å²) in [4.78, 5) is 23.3. The summed E-state index contributed by atoms with van der Waals surface area (Å²) < 4.78 is 5.10. The number of hydrogen-bond acceptors (Lipinski definition) is 3. The van der Waals surface area contributed by atoms with Crippen LogP contribution in [0.25, 0.3) is 0 Å². The third kappa shape index (κ3) is 2.08. The molecule has 2 amide bonds. The van der Waals surface area contributed by atoms with E-state index in [1.807, 2.05) is 0 Å². The fourth-order valence-corrected chi connectivity index (χ4v) is 2.83. The number of nitrogens with one attached hydrogen (secondary N) is 2. The zero-order valence-corrected chi connectivity index (χ0v) is 11.9. The van der Waals surface area contributed by atoms with Crippen LogP contribution in [0, 0.1) is 10.8 Å². The second-order valence-electron chi connectivity index (χ2n) is 6.66. The Bertz CT molecular complexity index is 397. The number of urea groups is 1. The van der Waals surface area contributed by atoms with Gasteiger partial charge in [0, 0.05) is 19.1 Å². The van der Waals surface area contributed by atoms with Gasteiger partial charge in [0.05, 0.1) is 6.61 Å². The van der Waals surface area contributed by atoms with Crippen LogP contribution in [0.5, 0.6) is 0 Å². The minimum absolute atomic E-state index is 0.0207. The van der Waals surface area contributed by atoms with Crippen molar-refractivity contribution < 1.29 is 19.4 Å². The number of carbonyl (C=O) groups is 2. The van der Waals surface area contributed by atoms with Crippen LogP contribution in [0.2, 0.25) is 0 Å². The van der Waals surface area contributed by atoms with Gasteiger partial charge in [0.15, 0.2) is 5.54 Å². The van der Waals surface area contributed by atoms with Crippen molar-refractivity contribution in [3.63, 3.8) is 0 Å². The van der Waals surface area contributed by atoms with E-state index in [9.17, 15) is 14.7 Å². The molecule has 0 bridgehead atoms. The fraction of sp³-hybridized carbons (Fsp3) is 0.846. The first-order chi connectivity index (χ1) is 8.63. The van der Waals surface area contributed by atoms with Gasteiger partial charge in [-0.3, -0.25) is 0 Å². The van der Waals surface area contributed by atoms with E-state index in [2.05, 4.69) is 38.3 Å². The highest BCUT2D eigenvalue weighted by Gasteiger charge is 2.65. The Hall–Kier alpha value is -1.30. The predicted octanol–water partition coefficient (Wildman–Crippen LogP) is 0.964. The molecule has 0 radical (unpaired) electrons. The molecule has 2 aliphatic rings. The second-order valence-corrected chi connectivity index (χ2v) is 6.66. The van der Waals surface area contributed by atoms with Crippen LogP contribution < -0.4 is 10.6 Å². The van der Waals surface area contributed by atoms with Gasteiger partial charge in [-0.25, -0.2) is 9.59 Å². The fourth-order valence-electron chi connectivity index (χ4n) is 2.83. The van der Waals surface area contributed by atoms with Gasteiger partial charge in [-0.15, -0.1) is 0 Å². The smallest absolute Gasteiger partial charge is 0.332 e. The Morgan fingerprint density at radius 2 is 1.79 bits per heavy atom. The summed E-state index contributed by atoms with van der Waals surface area (Å²) in [6, 6.07) is -0.385. The molecular formula is C13H22N2O4. The van der Waals surface area contributed by atoms with Crippen molar-refractivity contribution >= 4 is 12.0 Å². The van der Waals surface area contributed by atoms with Crippen molar-refractivity contribution in [1.82, 2.24) is 10.6 Å². The Kier molecular flexibility index (Phi) is 3.04. The molecule has 0 aromatic carbocycles. The third-order valence-electron chi connectivity index (χ3n) is 5.08. The highest BCUT2D eigenvalue weighted by atomic mass is 16.5. The first-order valence-electron chi connectivity index (χ1n) is 6.53. The first-order valence-corrected chi connectivity index (χ1v) is 6.53. The lowest BCUT2D eigenvalue weighted by molar-refractivity contribution is -0.144. The Balaban J connectivity index is 1.97. The SMILES string of the molecule is CC1(C)C(NC(=O)NC2(C(=O)O)CCOC2)C1(C)C. The van der Waals surface area contributed by atoms with Crippen molar-refractivity contribution in [2.24, 2.45) is 10.8 Å². The molecule has 0 spiro atoms. The van der Waals surface area contributed by atoms with Gasteiger partial charge in [0.2, 0.25) is 0 Å². The molecule has 1 aliphatic heterocycles. The van der Waals surface area contributed by atoms with Crippen molar-refractivity contribution in [3.8, 4) is 0 Å². The van der Waals surface area contributed by atoms with E-state index >= 15 is 0 Å². The standard InChI is InChI=1S/C13H22N2O4/c1-11(2)8(12(11,3)4)14-10(18)15-13(9(16)17)5-6-19-7-13/h8H,5-7H2,1-4H3,(H,16,17)(H2,14,15,18). The van der Waals surface area contributed by atoms with E-state index in [-0.39, 0.29) is 23.5 Å². The molecule has 6 heteroatoms. The molecule has 2 rings (SSSR count). The molecule has 0 aromatic heterocycles. The summed E-state index contributed by atoms with van der Waals surface area (Å²) in [7, 11) is 0. The molecule has 1 aliphatic carbocycles. The molecule has 1 atom stereocenters. The highest BCUT2D eigenvalue weighted by Crippen LogP contribution is 2.62.